The van der Waals surface area contributed by atoms with Crippen LogP contribution >= 0.6 is 0 Å². The molecular formula is C56H74N2O2. The first kappa shape index (κ1) is 44.8. The lowest BCUT2D eigenvalue weighted by molar-refractivity contribution is 0.316. The standard InChI is InChI=1S/C56H74N2O2/c1-11-17-46-19-15-16-20-53(46)58(37-44-32-51(38-57(8)36-44)50-33-45(14-4)56(60-10)54(35-50)59-9)52-27-23-42(24-28-52)31-43(22-21-39(5)13-3)29-40(6)49-30-41(7)55(47-25-26-47)48(34-49)18-12-2/h14-16,19-22,29-30,32-36,39,42,47,52H,4,6,11-13,17-18,23-28,31,37-38H2,1-3,5,7-10H3/b22-21-,43-29+. The van der Waals surface area contributed by atoms with Crippen LogP contribution in [0.3, 0.4) is 0 Å². The van der Waals surface area contributed by atoms with Gasteiger partial charge in [0.1, 0.15) is 0 Å². The fourth-order valence-electron chi connectivity index (χ4n) is 9.76. The molecule has 4 heteroatoms. The Morgan fingerprint density at radius 3 is 2.33 bits per heavy atom. The van der Waals surface area contributed by atoms with Crippen LogP contribution in [0, 0.1) is 18.8 Å². The second-order valence-electron chi connectivity index (χ2n) is 18.1. The van der Waals surface area contributed by atoms with E-state index in [1.165, 1.54) is 84.0 Å². The van der Waals surface area contributed by atoms with E-state index in [-0.39, 0.29) is 0 Å². The maximum Gasteiger partial charge on any atom is 0.167 e. The third-order valence-electron chi connectivity index (χ3n) is 13.2. The number of aryl methyl sites for hydroxylation is 3. The molecule has 2 saturated carbocycles. The zero-order valence-electron chi connectivity index (χ0n) is 38.4. The van der Waals surface area contributed by atoms with Gasteiger partial charge in [-0.3, -0.25) is 0 Å². The highest BCUT2D eigenvalue weighted by Crippen LogP contribution is 2.45. The summed E-state index contributed by atoms with van der Waals surface area (Å²) in [5.41, 5.74) is 16.0. The highest BCUT2D eigenvalue weighted by Gasteiger charge is 2.30. The quantitative estimate of drug-likeness (QED) is 0.106. The summed E-state index contributed by atoms with van der Waals surface area (Å²) in [5, 5.41) is 0. The molecular weight excluding hydrogens is 733 g/mol. The van der Waals surface area contributed by atoms with Crippen molar-refractivity contribution in [1.82, 2.24) is 4.90 Å². The molecule has 0 amide bonds. The maximum absolute atomic E-state index is 5.78. The molecule has 0 bridgehead atoms. The fourth-order valence-corrected chi connectivity index (χ4v) is 9.76. The highest BCUT2D eigenvalue weighted by molar-refractivity contribution is 5.77. The van der Waals surface area contributed by atoms with Crippen LogP contribution in [-0.4, -0.2) is 45.3 Å². The van der Waals surface area contributed by atoms with Gasteiger partial charge in [-0.2, -0.15) is 0 Å². The monoisotopic (exact) mass is 807 g/mol. The number of methoxy groups -OCH3 is 2. The van der Waals surface area contributed by atoms with Crippen molar-refractivity contribution in [1.29, 1.82) is 0 Å². The van der Waals surface area contributed by atoms with E-state index < -0.39 is 0 Å². The van der Waals surface area contributed by atoms with Gasteiger partial charge >= 0.3 is 0 Å². The number of likely N-dealkylation sites (N-methyl/N-ethyl adjacent to an activating group) is 1. The molecule has 2 fully saturated rings. The largest absolute Gasteiger partial charge is 0.493 e. The predicted octanol–water partition coefficient (Wildman–Crippen LogP) is 14.3. The van der Waals surface area contributed by atoms with E-state index in [0.29, 0.717) is 17.9 Å². The molecule has 1 heterocycles. The van der Waals surface area contributed by atoms with E-state index >= 15 is 0 Å². The summed E-state index contributed by atoms with van der Waals surface area (Å²) in [4.78, 5) is 5.08. The molecule has 0 aromatic heterocycles. The number of nitrogens with zero attached hydrogens (tertiary/aromatic N) is 2. The fraction of sp³-hybridized carbons (Fsp3) is 0.464. The van der Waals surface area contributed by atoms with Crippen LogP contribution in [0.2, 0.25) is 0 Å². The van der Waals surface area contributed by atoms with E-state index in [0.717, 1.165) is 79.3 Å². The first-order valence-electron chi connectivity index (χ1n) is 23.2. The van der Waals surface area contributed by atoms with Crippen molar-refractivity contribution >= 4 is 22.9 Å². The normalized spacial score (nSPS) is 18.9. The minimum Gasteiger partial charge on any atom is -0.493 e. The summed E-state index contributed by atoms with van der Waals surface area (Å²) in [6, 6.07) is 18.8. The average molecular weight is 807 g/mol. The number of anilines is 1. The number of para-hydroxylation sites is 1. The summed E-state index contributed by atoms with van der Waals surface area (Å²) in [7, 11) is 5.58. The van der Waals surface area contributed by atoms with E-state index in [1.807, 2.05) is 6.08 Å². The van der Waals surface area contributed by atoms with Gasteiger partial charge in [-0.15, -0.1) is 0 Å². The van der Waals surface area contributed by atoms with Crippen molar-refractivity contribution in [3.05, 3.63) is 142 Å². The lowest BCUT2D eigenvalue weighted by Crippen LogP contribution is -2.40. The Hall–Kier alpha value is -4.70. The SMILES string of the molecule is C=Cc1cc(C2=CC(CN(c3ccccc3CCC)C3CCC(CC(/C=C\C(C)CC)=C/C(=C)c4cc(C)c(C5CC5)c(CCC)c4)CC3)=CN(C)C2)cc(OC)c1OC. The van der Waals surface area contributed by atoms with Gasteiger partial charge in [-0.25, -0.2) is 0 Å². The summed E-state index contributed by atoms with van der Waals surface area (Å²) in [6.45, 7) is 22.0. The minimum atomic E-state index is 0.473. The van der Waals surface area contributed by atoms with Crippen LogP contribution in [0.15, 0.2) is 103 Å². The maximum atomic E-state index is 5.78. The number of hydrogen-bond donors (Lipinski definition) is 0. The minimum absolute atomic E-state index is 0.473. The topological polar surface area (TPSA) is 24.9 Å². The van der Waals surface area contributed by atoms with Gasteiger partial charge in [-0.05, 0) is 156 Å². The van der Waals surface area contributed by atoms with Crippen molar-refractivity contribution in [2.24, 2.45) is 11.8 Å². The van der Waals surface area contributed by atoms with E-state index in [9.17, 15) is 0 Å². The van der Waals surface area contributed by atoms with Crippen molar-refractivity contribution in [2.75, 3.05) is 39.3 Å². The summed E-state index contributed by atoms with van der Waals surface area (Å²) in [6.07, 6.45) is 28.2. The number of allylic oxidation sites excluding steroid dienone is 5. The van der Waals surface area contributed by atoms with Gasteiger partial charge in [0.25, 0.3) is 0 Å². The number of rotatable bonds is 20. The van der Waals surface area contributed by atoms with Crippen LogP contribution in [0.25, 0.3) is 17.2 Å². The lowest BCUT2D eigenvalue weighted by Gasteiger charge is -2.40. The molecule has 1 atom stereocenters. The van der Waals surface area contributed by atoms with Gasteiger partial charge in [0.15, 0.2) is 11.5 Å². The molecule has 3 aliphatic rings. The van der Waals surface area contributed by atoms with Crippen LogP contribution in [0.1, 0.15) is 137 Å². The molecule has 4 nitrogen and oxygen atoms in total. The molecule has 3 aromatic rings. The van der Waals surface area contributed by atoms with E-state index in [1.54, 1.807) is 25.3 Å². The molecule has 0 radical (unpaired) electrons. The third kappa shape index (κ3) is 11.2. The number of benzene rings is 3. The molecule has 1 unspecified atom stereocenters. The Bertz CT molecular complexity index is 2090. The van der Waals surface area contributed by atoms with Crippen LogP contribution in [0.4, 0.5) is 5.69 Å². The molecule has 60 heavy (non-hydrogen) atoms. The van der Waals surface area contributed by atoms with Crippen molar-refractivity contribution in [3.63, 3.8) is 0 Å². The summed E-state index contributed by atoms with van der Waals surface area (Å²) in [5.74, 6) is 3.44. The Morgan fingerprint density at radius 2 is 1.67 bits per heavy atom. The van der Waals surface area contributed by atoms with Gasteiger partial charge in [0.2, 0.25) is 0 Å². The second kappa shape index (κ2) is 21.2. The van der Waals surface area contributed by atoms with Crippen LogP contribution < -0.4 is 14.4 Å². The Balaban J connectivity index is 1.24. The second-order valence-corrected chi connectivity index (χ2v) is 18.1. The van der Waals surface area contributed by atoms with Gasteiger partial charge in [0, 0.05) is 43.6 Å². The Morgan fingerprint density at radius 1 is 0.933 bits per heavy atom. The first-order valence-corrected chi connectivity index (χ1v) is 23.2. The highest BCUT2D eigenvalue weighted by atomic mass is 16.5. The molecule has 320 valence electrons. The zero-order valence-corrected chi connectivity index (χ0v) is 38.4. The number of ether oxygens (including phenoxy) is 2. The van der Waals surface area contributed by atoms with Gasteiger partial charge in [0.05, 0.1) is 14.2 Å². The van der Waals surface area contributed by atoms with E-state index in [4.69, 9.17) is 16.1 Å². The molecule has 0 N–H and O–H groups in total. The van der Waals surface area contributed by atoms with Crippen molar-refractivity contribution < 1.29 is 9.47 Å². The molecule has 6 rings (SSSR count). The molecule has 3 aromatic carbocycles. The molecule has 2 aliphatic carbocycles. The molecule has 0 spiro atoms. The van der Waals surface area contributed by atoms with Crippen molar-refractivity contribution in [2.45, 2.75) is 124 Å². The predicted molar refractivity (Wildman–Crippen MR) is 259 cm³/mol. The van der Waals surface area contributed by atoms with Crippen molar-refractivity contribution in [3.8, 4) is 11.5 Å². The van der Waals surface area contributed by atoms with E-state index in [2.05, 4.69) is 137 Å². The smallest absolute Gasteiger partial charge is 0.167 e. The Labute approximate surface area is 364 Å². The Kier molecular flexibility index (Phi) is 15.8. The van der Waals surface area contributed by atoms with Gasteiger partial charge in [-0.1, -0.05) is 121 Å². The molecule has 0 saturated heterocycles. The third-order valence-corrected chi connectivity index (χ3v) is 13.2. The zero-order chi connectivity index (χ0) is 42.8. The lowest BCUT2D eigenvalue weighted by atomic mass is 9.80. The summed E-state index contributed by atoms with van der Waals surface area (Å²) >= 11 is 0. The van der Waals surface area contributed by atoms with Crippen LogP contribution in [-0.2, 0) is 12.8 Å². The average Bonchev–Trinajstić information content (AvgIpc) is 4.10. The summed E-state index contributed by atoms with van der Waals surface area (Å²) < 4.78 is 11.5. The van der Waals surface area contributed by atoms with Crippen LogP contribution in [0.5, 0.6) is 11.5 Å². The first-order chi connectivity index (χ1) is 29.1. The molecule has 1 aliphatic heterocycles. The van der Waals surface area contributed by atoms with Gasteiger partial charge < -0.3 is 19.3 Å². The number of hydrogen-bond acceptors (Lipinski definition) is 4.